The second kappa shape index (κ2) is 6.97. The summed E-state index contributed by atoms with van der Waals surface area (Å²) in [6.07, 6.45) is -1.38. The molecule has 6 heteroatoms. The van der Waals surface area contributed by atoms with Crippen LogP contribution in [0.25, 0.3) is 0 Å². The Kier molecular flexibility index (Phi) is 5.91. The van der Waals surface area contributed by atoms with Gasteiger partial charge in [-0.05, 0) is 25.8 Å². The van der Waals surface area contributed by atoms with Crippen LogP contribution < -0.4 is 5.32 Å². The number of carbonyl (C=O) groups is 1. The Bertz CT molecular complexity index is 263. The van der Waals surface area contributed by atoms with Gasteiger partial charge in [0.05, 0.1) is 5.92 Å². The molecular formula is C12H21F3N2O. The third kappa shape index (κ3) is 5.25. The Hall–Kier alpha value is -0.780. The maximum atomic E-state index is 12.5. The molecule has 0 aromatic heterocycles. The van der Waals surface area contributed by atoms with Crippen molar-refractivity contribution in [1.82, 2.24) is 10.2 Å². The van der Waals surface area contributed by atoms with Crippen molar-refractivity contribution >= 4 is 5.91 Å². The lowest BCUT2D eigenvalue weighted by atomic mass is 9.98. The van der Waals surface area contributed by atoms with Crippen LogP contribution in [0.4, 0.5) is 13.2 Å². The summed E-state index contributed by atoms with van der Waals surface area (Å²) < 4.78 is 37.4. The molecule has 1 atom stereocenters. The normalized spacial score (nSPS) is 20.8. The lowest BCUT2D eigenvalue weighted by Crippen LogP contribution is -2.46. The first-order valence-electron chi connectivity index (χ1n) is 6.50. The van der Waals surface area contributed by atoms with E-state index in [2.05, 4.69) is 5.32 Å². The van der Waals surface area contributed by atoms with Crippen molar-refractivity contribution in [2.45, 2.75) is 38.8 Å². The highest BCUT2D eigenvalue weighted by Gasteiger charge is 2.35. The van der Waals surface area contributed by atoms with Crippen LogP contribution in [-0.4, -0.2) is 43.2 Å². The first-order valence-corrected chi connectivity index (χ1v) is 6.50. The molecule has 1 N–H and O–H groups in total. The Morgan fingerprint density at radius 3 is 2.67 bits per heavy atom. The number of carbonyl (C=O) groups excluding carboxylic acids is 1. The molecule has 0 aliphatic carbocycles. The molecule has 1 aliphatic heterocycles. The van der Waals surface area contributed by atoms with E-state index in [1.54, 1.807) is 0 Å². The first kappa shape index (κ1) is 15.3. The Labute approximate surface area is 106 Å². The number of rotatable bonds is 5. The molecule has 106 valence electrons. The molecule has 1 rings (SSSR count). The third-order valence-electron chi connectivity index (χ3n) is 3.11. The second-order valence-electron chi connectivity index (χ2n) is 4.77. The van der Waals surface area contributed by atoms with Crippen molar-refractivity contribution in [3.8, 4) is 0 Å². The van der Waals surface area contributed by atoms with E-state index < -0.39 is 12.7 Å². The first-order chi connectivity index (χ1) is 8.44. The number of unbranched alkanes of at least 4 members (excludes halogenated alkanes) is 1. The predicted molar refractivity (Wildman–Crippen MR) is 63.1 cm³/mol. The summed E-state index contributed by atoms with van der Waals surface area (Å²) in [6, 6.07) is 0. The predicted octanol–water partition coefficient (Wildman–Crippen LogP) is 2.18. The Morgan fingerprint density at radius 2 is 2.17 bits per heavy atom. The van der Waals surface area contributed by atoms with Gasteiger partial charge in [-0.1, -0.05) is 13.3 Å². The zero-order valence-corrected chi connectivity index (χ0v) is 10.7. The van der Waals surface area contributed by atoms with E-state index in [0.29, 0.717) is 19.4 Å². The topological polar surface area (TPSA) is 32.3 Å². The van der Waals surface area contributed by atoms with Gasteiger partial charge in [0.15, 0.2) is 0 Å². The Morgan fingerprint density at radius 1 is 1.44 bits per heavy atom. The fourth-order valence-electron chi connectivity index (χ4n) is 2.15. The van der Waals surface area contributed by atoms with E-state index in [0.717, 1.165) is 24.3 Å². The number of halogens is 3. The molecule has 3 nitrogen and oxygen atoms in total. The van der Waals surface area contributed by atoms with Crippen molar-refractivity contribution in [3.63, 3.8) is 0 Å². The summed E-state index contributed by atoms with van der Waals surface area (Å²) >= 11 is 0. The molecule has 1 fully saturated rings. The molecule has 0 aromatic rings. The van der Waals surface area contributed by atoms with Gasteiger partial charge >= 0.3 is 6.18 Å². The monoisotopic (exact) mass is 266 g/mol. The van der Waals surface area contributed by atoms with Crippen LogP contribution in [-0.2, 0) is 4.79 Å². The molecule has 0 radical (unpaired) electrons. The molecule has 1 amide bonds. The lowest BCUT2D eigenvalue weighted by Gasteiger charge is -2.30. The van der Waals surface area contributed by atoms with Crippen LogP contribution in [0.3, 0.4) is 0 Å². The van der Waals surface area contributed by atoms with Crippen LogP contribution in [0.2, 0.25) is 0 Å². The standard InChI is InChI=1S/C12H21F3N2O/c1-2-3-7-17(9-12(13,14)15)11(18)10-5-4-6-16-8-10/h10,16H,2-9H2,1H3/t10-/m0/s1. The van der Waals surface area contributed by atoms with Gasteiger partial charge in [-0.3, -0.25) is 4.79 Å². The molecule has 0 saturated carbocycles. The minimum atomic E-state index is -4.31. The quantitative estimate of drug-likeness (QED) is 0.827. The van der Waals surface area contributed by atoms with E-state index in [1.165, 1.54) is 0 Å². The number of piperidine rings is 1. The smallest absolute Gasteiger partial charge is 0.333 e. The van der Waals surface area contributed by atoms with Gasteiger partial charge in [-0.25, -0.2) is 0 Å². The largest absolute Gasteiger partial charge is 0.406 e. The van der Waals surface area contributed by atoms with Gasteiger partial charge in [-0.2, -0.15) is 13.2 Å². The third-order valence-corrected chi connectivity index (χ3v) is 3.11. The molecule has 0 aromatic carbocycles. The molecule has 18 heavy (non-hydrogen) atoms. The summed E-state index contributed by atoms with van der Waals surface area (Å²) in [5, 5.41) is 3.06. The highest BCUT2D eigenvalue weighted by Crippen LogP contribution is 2.20. The highest BCUT2D eigenvalue weighted by molar-refractivity contribution is 5.79. The van der Waals surface area contributed by atoms with Crippen molar-refractivity contribution < 1.29 is 18.0 Å². The molecule has 1 aliphatic rings. The van der Waals surface area contributed by atoms with Gasteiger partial charge in [0.1, 0.15) is 6.54 Å². The fourth-order valence-corrected chi connectivity index (χ4v) is 2.15. The number of alkyl halides is 3. The number of hydrogen-bond donors (Lipinski definition) is 1. The maximum absolute atomic E-state index is 12.5. The fraction of sp³-hybridized carbons (Fsp3) is 0.917. The number of nitrogens with one attached hydrogen (secondary N) is 1. The van der Waals surface area contributed by atoms with Gasteiger partial charge in [-0.15, -0.1) is 0 Å². The van der Waals surface area contributed by atoms with Crippen LogP contribution >= 0.6 is 0 Å². The SMILES string of the molecule is CCCCN(CC(F)(F)F)C(=O)[C@H]1CCCNC1. The van der Waals surface area contributed by atoms with E-state index in [9.17, 15) is 18.0 Å². The number of nitrogens with zero attached hydrogens (tertiary/aromatic N) is 1. The summed E-state index contributed by atoms with van der Waals surface area (Å²) in [5.74, 6) is -0.647. The molecular weight excluding hydrogens is 245 g/mol. The van der Waals surface area contributed by atoms with E-state index in [-0.39, 0.29) is 18.4 Å². The average molecular weight is 266 g/mol. The molecule has 0 spiro atoms. The van der Waals surface area contributed by atoms with E-state index >= 15 is 0 Å². The van der Waals surface area contributed by atoms with Gasteiger partial charge in [0.2, 0.25) is 5.91 Å². The van der Waals surface area contributed by atoms with Crippen LogP contribution in [0.5, 0.6) is 0 Å². The highest BCUT2D eigenvalue weighted by atomic mass is 19.4. The summed E-state index contributed by atoms with van der Waals surface area (Å²) in [4.78, 5) is 13.0. The summed E-state index contributed by atoms with van der Waals surface area (Å²) in [5.41, 5.74) is 0. The van der Waals surface area contributed by atoms with Crippen molar-refractivity contribution in [1.29, 1.82) is 0 Å². The maximum Gasteiger partial charge on any atom is 0.406 e. The zero-order chi connectivity index (χ0) is 13.6. The average Bonchev–Trinajstić information content (AvgIpc) is 2.33. The number of amides is 1. The van der Waals surface area contributed by atoms with Crippen molar-refractivity contribution in [2.75, 3.05) is 26.2 Å². The zero-order valence-electron chi connectivity index (χ0n) is 10.7. The minimum Gasteiger partial charge on any atom is -0.333 e. The van der Waals surface area contributed by atoms with E-state index in [4.69, 9.17) is 0 Å². The van der Waals surface area contributed by atoms with Crippen molar-refractivity contribution in [3.05, 3.63) is 0 Å². The molecule has 1 saturated heterocycles. The van der Waals surface area contributed by atoms with Gasteiger partial charge < -0.3 is 10.2 Å². The van der Waals surface area contributed by atoms with Gasteiger partial charge in [0.25, 0.3) is 0 Å². The second-order valence-corrected chi connectivity index (χ2v) is 4.77. The molecule has 1 heterocycles. The van der Waals surface area contributed by atoms with Crippen molar-refractivity contribution in [2.24, 2.45) is 5.92 Å². The lowest BCUT2D eigenvalue weighted by molar-refractivity contribution is -0.164. The molecule has 0 unspecified atom stereocenters. The number of hydrogen-bond acceptors (Lipinski definition) is 2. The van der Waals surface area contributed by atoms with E-state index in [1.807, 2.05) is 6.92 Å². The van der Waals surface area contributed by atoms with Crippen LogP contribution in [0.1, 0.15) is 32.6 Å². The van der Waals surface area contributed by atoms with Gasteiger partial charge in [0, 0.05) is 13.1 Å². The molecule has 0 bridgehead atoms. The summed E-state index contributed by atoms with van der Waals surface area (Å²) in [7, 11) is 0. The minimum absolute atomic E-state index is 0.200. The van der Waals surface area contributed by atoms with Crippen LogP contribution in [0, 0.1) is 5.92 Å². The summed E-state index contributed by atoms with van der Waals surface area (Å²) in [6.45, 7) is 2.32. The van der Waals surface area contributed by atoms with Crippen LogP contribution in [0.15, 0.2) is 0 Å². The Balaban J connectivity index is 2.59.